The lowest BCUT2D eigenvalue weighted by Gasteiger charge is -2.15. The Morgan fingerprint density at radius 3 is 2.58 bits per heavy atom. The Bertz CT molecular complexity index is 1390. The molecule has 2 aromatic heterocycles. The van der Waals surface area contributed by atoms with Crippen molar-refractivity contribution in [2.75, 3.05) is 5.32 Å². The molecule has 3 N–H and O–H groups in total. The number of fused-ring (bicyclic) bond motifs is 4. The Labute approximate surface area is 182 Å². The molecule has 0 radical (unpaired) electrons. The fourth-order valence-corrected chi connectivity index (χ4v) is 4.97. The number of aliphatic hydroxyl groups is 2. The smallest absolute Gasteiger partial charge is 0.256 e. The second-order valence-electron chi connectivity index (χ2n) is 7.39. The average Bonchev–Trinajstić information content (AvgIpc) is 3.37. The van der Waals surface area contributed by atoms with Crippen LogP contribution in [0.1, 0.15) is 18.0 Å². The van der Waals surface area contributed by atoms with Crippen molar-refractivity contribution in [3.63, 3.8) is 0 Å². The van der Waals surface area contributed by atoms with Gasteiger partial charge in [-0.1, -0.05) is 30.3 Å². The summed E-state index contributed by atoms with van der Waals surface area (Å²) < 4.78 is 3.11. The minimum absolute atomic E-state index is 0.310. The molecule has 6 nitrogen and oxygen atoms in total. The lowest BCUT2D eigenvalue weighted by atomic mass is 10.1. The Kier molecular flexibility index (Phi) is 4.94. The summed E-state index contributed by atoms with van der Waals surface area (Å²) >= 11 is 1.26. The average molecular weight is 432 g/mol. The first-order valence-electron chi connectivity index (χ1n) is 10.1. The summed E-state index contributed by atoms with van der Waals surface area (Å²) in [7, 11) is 0. The molecule has 0 spiro atoms. The van der Waals surface area contributed by atoms with Crippen LogP contribution in [0.3, 0.4) is 0 Å². The van der Waals surface area contributed by atoms with Gasteiger partial charge >= 0.3 is 0 Å². The predicted octanol–water partition coefficient (Wildman–Crippen LogP) is 4.46. The molecule has 3 aromatic carbocycles. The van der Waals surface area contributed by atoms with E-state index < -0.39 is 18.1 Å². The van der Waals surface area contributed by atoms with Crippen molar-refractivity contribution >= 4 is 55.0 Å². The molecule has 7 heteroatoms. The van der Waals surface area contributed by atoms with Gasteiger partial charge in [0.25, 0.3) is 5.91 Å². The van der Waals surface area contributed by atoms with Crippen LogP contribution >= 0.6 is 11.3 Å². The van der Waals surface area contributed by atoms with Gasteiger partial charge in [-0.25, -0.2) is 4.98 Å². The number of hydrogen-bond donors (Lipinski definition) is 3. The second kappa shape index (κ2) is 7.77. The Balaban J connectivity index is 1.42. The summed E-state index contributed by atoms with van der Waals surface area (Å²) in [4.78, 5) is 17.0. The Hall–Kier alpha value is -3.26. The van der Waals surface area contributed by atoms with Crippen LogP contribution in [0.5, 0.6) is 0 Å². The first kappa shape index (κ1) is 19.7. The highest BCUT2D eigenvalue weighted by molar-refractivity contribution is 7.18. The van der Waals surface area contributed by atoms with Crippen molar-refractivity contribution in [3.8, 4) is 0 Å². The van der Waals surface area contributed by atoms with Crippen LogP contribution < -0.4 is 5.32 Å². The molecular formula is C24H21N3O3S. The maximum absolute atomic E-state index is 12.7. The number of rotatable bonds is 5. The van der Waals surface area contributed by atoms with Gasteiger partial charge in [-0.2, -0.15) is 0 Å². The molecule has 2 heterocycles. The van der Waals surface area contributed by atoms with Crippen molar-refractivity contribution in [1.82, 2.24) is 9.55 Å². The number of amides is 1. The number of thiazole rings is 1. The Morgan fingerprint density at radius 2 is 1.77 bits per heavy atom. The molecule has 2 atom stereocenters. The first-order chi connectivity index (χ1) is 15.1. The number of nitrogens with zero attached hydrogens (tertiary/aromatic N) is 2. The molecule has 1 amide bonds. The van der Waals surface area contributed by atoms with Gasteiger partial charge in [0.05, 0.1) is 10.2 Å². The molecule has 2 unspecified atom stereocenters. The molecule has 5 rings (SSSR count). The van der Waals surface area contributed by atoms with Crippen LogP contribution in [0.2, 0.25) is 0 Å². The number of anilines is 1. The van der Waals surface area contributed by atoms with E-state index in [0.717, 1.165) is 38.6 Å². The van der Waals surface area contributed by atoms with Gasteiger partial charge < -0.3 is 20.1 Å². The van der Waals surface area contributed by atoms with Crippen molar-refractivity contribution < 1.29 is 15.0 Å². The number of carbonyl (C=O) groups excluding carboxylic acids is 1. The zero-order valence-corrected chi connectivity index (χ0v) is 17.6. The van der Waals surface area contributed by atoms with E-state index in [1.807, 2.05) is 54.6 Å². The predicted molar refractivity (Wildman–Crippen MR) is 124 cm³/mol. The Morgan fingerprint density at radius 1 is 1.03 bits per heavy atom. The fourth-order valence-electron chi connectivity index (χ4n) is 3.98. The molecule has 0 bridgehead atoms. The topological polar surface area (TPSA) is 87.4 Å². The van der Waals surface area contributed by atoms with Crippen LogP contribution in [-0.2, 0) is 11.3 Å². The molecule has 31 heavy (non-hydrogen) atoms. The molecule has 0 aliphatic rings. The summed E-state index contributed by atoms with van der Waals surface area (Å²) in [6, 6.07) is 21.3. The minimum Gasteiger partial charge on any atom is -0.383 e. The van der Waals surface area contributed by atoms with Crippen LogP contribution in [0.25, 0.3) is 32.0 Å². The quantitative estimate of drug-likeness (QED) is 0.383. The van der Waals surface area contributed by atoms with E-state index in [4.69, 9.17) is 0 Å². The van der Waals surface area contributed by atoms with E-state index in [1.54, 1.807) is 0 Å². The van der Waals surface area contributed by atoms with Gasteiger partial charge in [0, 0.05) is 34.0 Å². The number of hydrogen-bond acceptors (Lipinski definition) is 5. The number of nitrogens with one attached hydrogen (secondary N) is 1. The lowest BCUT2D eigenvalue weighted by Crippen LogP contribution is -2.33. The van der Waals surface area contributed by atoms with Gasteiger partial charge in [-0.15, -0.1) is 11.3 Å². The minimum atomic E-state index is -1.63. The highest BCUT2D eigenvalue weighted by Gasteiger charge is 2.28. The van der Waals surface area contributed by atoms with Crippen LogP contribution in [0, 0.1) is 0 Å². The maximum atomic E-state index is 12.7. The summed E-state index contributed by atoms with van der Waals surface area (Å²) in [6.45, 7) is 2.93. The third kappa shape index (κ3) is 3.37. The van der Waals surface area contributed by atoms with Crippen LogP contribution in [0.4, 0.5) is 5.69 Å². The summed E-state index contributed by atoms with van der Waals surface area (Å²) in [5.41, 5.74) is 3.51. The van der Waals surface area contributed by atoms with Gasteiger partial charge in [0.1, 0.15) is 11.1 Å². The van der Waals surface area contributed by atoms with Crippen LogP contribution in [0.15, 0.2) is 66.7 Å². The van der Waals surface area contributed by atoms with Crippen molar-refractivity contribution in [2.45, 2.75) is 25.7 Å². The fraction of sp³-hybridized carbons (Fsp3) is 0.167. The van der Waals surface area contributed by atoms with Gasteiger partial charge in [0.15, 0.2) is 6.10 Å². The largest absolute Gasteiger partial charge is 0.383 e. The van der Waals surface area contributed by atoms with E-state index in [1.165, 1.54) is 11.3 Å². The highest BCUT2D eigenvalue weighted by atomic mass is 32.1. The summed E-state index contributed by atoms with van der Waals surface area (Å²) in [6.07, 6.45) is -3.03. The van der Waals surface area contributed by atoms with Crippen molar-refractivity contribution in [1.29, 1.82) is 0 Å². The van der Waals surface area contributed by atoms with Gasteiger partial charge in [0.2, 0.25) is 0 Å². The van der Waals surface area contributed by atoms with E-state index in [9.17, 15) is 15.0 Å². The number of aromatic nitrogens is 2. The van der Waals surface area contributed by atoms with E-state index >= 15 is 0 Å². The molecule has 0 saturated heterocycles. The van der Waals surface area contributed by atoms with E-state index in [2.05, 4.69) is 33.9 Å². The molecule has 0 fully saturated rings. The molecule has 0 saturated carbocycles. The zero-order valence-electron chi connectivity index (χ0n) is 16.8. The number of benzene rings is 3. The normalized spacial score (nSPS) is 13.6. The van der Waals surface area contributed by atoms with Gasteiger partial charge in [-0.05, 0) is 43.3 Å². The van der Waals surface area contributed by atoms with Crippen LogP contribution in [-0.4, -0.2) is 31.8 Å². The number of aliphatic hydroxyl groups excluding tert-OH is 2. The van der Waals surface area contributed by atoms with E-state index in [0.29, 0.717) is 10.7 Å². The zero-order chi connectivity index (χ0) is 21.5. The number of carbonyl (C=O) groups is 1. The van der Waals surface area contributed by atoms with Gasteiger partial charge in [-0.3, -0.25) is 4.79 Å². The molecule has 0 aliphatic heterocycles. The summed E-state index contributed by atoms with van der Waals surface area (Å²) in [5.74, 6) is -0.676. The van der Waals surface area contributed by atoms with Crippen molar-refractivity contribution in [3.05, 3.63) is 71.7 Å². The molecule has 0 aliphatic carbocycles. The third-order valence-corrected chi connectivity index (χ3v) is 6.59. The van der Waals surface area contributed by atoms with Crippen molar-refractivity contribution in [2.24, 2.45) is 0 Å². The maximum Gasteiger partial charge on any atom is 0.256 e. The molecule has 156 valence electrons. The summed E-state index contributed by atoms with van der Waals surface area (Å²) in [5, 5.41) is 26.1. The third-order valence-electron chi connectivity index (χ3n) is 5.49. The molecule has 5 aromatic rings. The number of para-hydroxylation sites is 2. The highest BCUT2D eigenvalue weighted by Crippen LogP contribution is 2.32. The monoisotopic (exact) mass is 431 g/mol. The SMILES string of the molecule is CCn1c2ccccc2c2cc(NC(=O)C(O)C(O)c3nc4ccccc4s3)ccc21. The number of aryl methyl sites for hydroxylation is 1. The lowest BCUT2D eigenvalue weighted by molar-refractivity contribution is -0.129. The standard InChI is InChI=1S/C24H21N3O3S/c1-2-27-18-9-5-3-7-15(18)16-13-14(11-12-19(16)27)25-23(30)21(28)22(29)24-26-17-8-4-6-10-20(17)31-24/h3-13,21-22,28-29H,2H2,1H3,(H,25,30). The second-order valence-corrected chi connectivity index (χ2v) is 8.45. The van der Waals surface area contributed by atoms with E-state index in [-0.39, 0.29) is 0 Å². The molecular weight excluding hydrogens is 410 g/mol. The first-order valence-corrected chi connectivity index (χ1v) is 10.9.